The van der Waals surface area contributed by atoms with E-state index in [0.29, 0.717) is 9.79 Å². The van der Waals surface area contributed by atoms with Crippen molar-refractivity contribution in [2.75, 3.05) is 0 Å². The Balaban J connectivity index is 2.36. The predicted molar refractivity (Wildman–Crippen MR) is 59.9 cm³/mol. The van der Waals surface area contributed by atoms with Gasteiger partial charge in [-0.25, -0.2) is 0 Å². The van der Waals surface area contributed by atoms with Crippen molar-refractivity contribution in [3.8, 4) is 10.8 Å². The Labute approximate surface area is 98.2 Å². The molecule has 0 fully saturated rings. The normalized spacial score (nSPS) is 10.7. The highest BCUT2D eigenvalue weighted by molar-refractivity contribution is 14.1. The van der Waals surface area contributed by atoms with Crippen molar-refractivity contribution in [3.05, 3.63) is 9.59 Å². The van der Waals surface area contributed by atoms with Crippen LogP contribution < -0.4 is 0 Å². The first-order valence-corrected chi connectivity index (χ1v) is 5.97. The van der Waals surface area contributed by atoms with Crippen LogP contribution >= 0.6 is 34.1 Å². The zero-order valence-electron chi connectivity index (χ0n) is 7.40. The first kappa shape index (κ1) is 9.97. The van der Waals surface area contributed by atoms with Gasteiger partial charge in [-0.15, -0.1) is 15.3 Å². The SMILES string of the molecule is CCCc1nnsc1-c1nnc(I)o1. The van der Waals surface area contributed by atoms with Crippen LogP contribution in [0.2, 0.25) is 0 Å². The number of hydrogen-bond donors (Lipinski definition) is 0. The fourth-order valence-corrected chi connectivity index (χ4v) is 2.01. The van der Waals surface area contributed by atoms with Gasteiger partial charge in [0.1, 0.15) is 4.88 Å². The lowest BCUT2D eigenvalue weighted by Crippen LogP contribution is -1.87. The Kier molecular flexibility index (Phi) is 3.06. The number of aromatic nitrogens is 4. The van der Waals surface area contributed by atoms with Gasteiger partial charge in [0.2, 0.25) is 0 Å². The zero-order chi connectivity index (χ0) is 9.97. The second-order valence-corrected chi connectivity index (χ2v) is 4.34. The molecule has 5 nitrogen and oxygen atoms in total. The molecule has 0 aliphatic rings. The van der Waals surface area contributed by atoms with Crippen molar-refractivity contribution in [1.29, 1.82) is 0 Å². The smallest absolute Gasteiger partial charge is 0.278 e. The molecule has 74 valence electrons. The van der Waals surface area contributed by atoms with E-state index in [4.69, 9.17) is 4.42 Å². The summed E-state index contributed by atoms with van der Waals surface area (Å²) in [5.41, 5.74) is 0.942. The van der Waals surface area contributed by atoms with Crippen molar-refractivity contribution in [1.82, 2.24) is 19.8 Å². The topological polar surface area (TPSA) is 64.7 Å². The molecule has 0 amide bonds. The summed E-state index contributed by atoms with van der Waals surface area (Å²) in [4.78, 5) is 0.891. The molecule has 0 aliphatic heterocycles. The maximum atomic E-state index is 5.31. The molecule has 0 aliphatic carbocycles. The van der Waals surface area contributed by atoms with Gasteiger partial charge in [-0.1, -0.05) is 17.8 Å². The summed E-state index contributed by atoms with van der Waals surface area (Å²) < 4.78 is 9.73. The second-order valence-electron chi connectivity index (χ2n) is 2.66. The highest BCUT2D eigenvalue weighted by Gasteiger charge is 2.15. The molecule has 0 N–H and O–H groups in total. The number of halogens is 1. The van der Waals surface area contributed by atoms with Crippen molar-refractivity contribution in [2.24, 2.45) is 0 Å². The Bertz CT molecular complexity index is 427. The monoisotopic (exact) mass is 322 g/mol. The summed E-state index contributed by atoms with van der Waals surface area (Å²) in [6.07, 6.45) is 1.93. The second kappa shape index (κ2) is 4.30. The van der Waals surface area contributed by atoms with Gasteiger partial charge in [0, 0.05) is 22.6 Å². The molecule has 0 saturated heterocycles. The van der Waals surface area contributed by atoms with Gasteiger partial charge in [0.05, 0.1) is 5.69 Å². The third-order valence-corrected chi connectivity index (χ3v) is 2.83. The van der Waals surface area contributed by atoms with E-state index in [9.17, 15) is 0 Å². The van der Waals surface area contributed by atoms with Crippen molar-refractivity contribution >= 4 is 34.1 Å². The van der Waals surface area contributed by atoms with Crippen molar-refractivity contribution in [2.45, 2.75) is 19.8 Å². The summed E-state index contributed by atoms with van der Waals surface area (Å²) >= 11 is 3.28. The van der Waals surface area contributed by atoms with Crippen LogP contribution in [0.4, 0.5) is 0 Å². The maximum absolute atomic E-state index is 5.31. The van der Waals surface area contributed by atoms with Crippen LogP contribution in [0.5, 0.6) is 0 Å². The van der Waals surface area contributed by atoms with Gasteiger partial charge in [-0.2, -0.15) is 0 Å². The van der Waals surface area contributed by atoms with Crippen molar-refractivity contribution < 1.29 is 4.42 Å². The molecule has 2 rings (SSSR count). The lowest BCUT2D eigenvalue weighted by atomic mass is 10.2. The largest absolute Gasteiger partial charge is 0.411 e. The van der Waals surface area contributed by atoms with E-state index in [1.54, 1.807) is 0 Å². The molecule has 2 aromatic rings. The van der Waals surface area contributed by atoms with Crippen molar-refractivity contribution in [3.63, 3.8) is 0 Å². The molecule has 0 saturated carbocycles. The first-order chi connectivity index (χ1) is 6.81. The van der Waals surface area contributed by atoms with Crippen LogP contribution in [0.15, 0.2) is 4.42 Å². The number of hydrogen-bond acceptors (Lipinski definition) is 6. The fraction of sp³-hybridized carbons (Fsp3) is 0.429. The molecule has 0 aromatic carbocycles. The van der Waals surface area contributed by atoms with Crippen LogP contribution in [0, 0.1) is 3.90 Å². The Hall–Kier alpha value is -0.570. The van der Waals surface area contributed by atoms with Gasteiger partial charge in [-0.3, -0.25) is 0 Å². The third-order valence-electron chi connectivity index (χ3n) is 1.64. The van der Waals surface area contributed by atoms with E-state index in [2.05, 4.69) is 26.7 Å². The number of aryl methyl sites for hydroxylation is 1. The quantitative estimate of drug-likeness (QED) is 0.810. The number of rotatable bonds is 3. The molecule has 0 atom stereocenters. The van der Waals surface area contributed by atoms with E-state index in [0.717, 1.165) is 23.4 Å². The molecule has 0 unspecified atom stereocenters. The van der Waals surface area contributed by atoms with Crippen LogP contribution in [-0.4, -0.2) is 19.8 Å². The van der Waals surface area contributed by atoms with Crippen LogP contribution in [0.3, 0.4) is 0 Å². The van der Waals surface area contributed by atoms with E-state index in [-0.39, 0.29) is 0 Å². The lowest BCUT2D eigenvalue weighted by molar-refractivity contribution is 0.537. The van der Waals surface area contributed by atoms with Gasteiger partial charge in [0.15, 0.2) is 0 Å². The van der Waals surface area contributed by atoms with Crippen LogP contribution in [0.25, 0.3) is 10.8 Å². The minimum atomic E-state index is 0.521. The standard InChI is InChI=1S/C7H7IN4OS/c1-2-3-4-5(14-12-9-4)6-10-11-7(8)13-6/h2-3H2,1H3. The minimum absolute atomic E-state index is 0.521. The summed E-state index contributed by atoms with van der Waals surface area (Å²) in [6, 6.07) is 0. The summed E-state index contributed by atoms with van der Waals surface area (Å²) in [6.45, 7) is 2.10. The van der Waals surface area contributed by atoms with Gasteiger partial charge < -0.3 is 4.42 Å². The Morgan fingerprint density at radius 3 is 2.86 bits per heavy atom. The fourth-order valence-electron chi connectivity index (χ4n) is 1.07. The molecule has 14 heavy (non-hydrogen) atoms. The highest BCUT2D eigenvalue weighted by atomic mass is 127. The van der Waals surface area contributed by atoms with E-state index < -0.39 is 0 Å². The molecule has 0 bridgehead atoms. The third kappa shape index (κ3) is 1.92. The molecule has 2 aromatic heterocycles. The van der Waals surface area contributed by atoms with E-state index >= 15 is 0 Å². The Morgan fingerprint density at radius 2 is 2.21 bits per heavy atom. The lowest BCUT2D eigenvalue weighted by Gasteiger charge is -1.92. The minimum Gasteiger partial charge on any atom is -0.411 e. The molecular formula is C7H7IN4OS. The molecule has 0 spiro atoms. The van der Waals surface area contributed by atoms with E-state index in [1.165, 1.54) is 11.5 Å². The maximum Gasteiger partial charge on any atom is 0.278 e. The van der Waals surface area contributed by atoms with Gasteiger partial charge >= 0.3 is 0 Å². The molecular weight excluding hydrogens is 315 g/mol. The molecule has 7 heteroatoms. The summed E-state index contributed by atoms with van der Waals surface area (Å²) in [5.74, 6) is 0.521. The van der Waals surface area contributed by atoms with E-state index in [1.807, 2.05) is 22.6 Å². The van der Waals surface area contributed by atoms with Gasteiger partial charge in [-0.05, 0) is 18.0 Å². The average molecular weight is 322 g/mol. The molecule has 2 heterocycles. The summed E-state index contributed by atoms with van der Waals surface area (Å²) in [7, 11) is 0. The number of nitrogens with zero attached hydrogens (tertiary/aromatic N) is 4. The first-order valence-electron chi connectivity index (χ1n) is 4.12. The predicted octanol–water partition coefficient (Wildman–Crippen LogP) is 2.15. The van der Waals surface area contributed by atoms with Gasteiger partial charge in [0.25, 0.3) is 9.79 Å². The average Bonchev–Trinajstić information content (AvgIpc) is 2.74. The summed E-state index contributed by atoms with van der Waals surface area (Å²) in [5, 5.41) is 11.7. The van der Waals surface area contributed by atoms with Crippen LogP contribution in [-0.2, 0) is 6.42 Å². The highest BCUT2D eigenvalue weighted by Crippen LogP contribution is 2.25. The Morgan fingerprint density at radius 1 is 1.36 bits per heavy atom. The zero-order valence-corrected chi connectivity index (χ0v) is 10.4. The van der Waals surface area contributed by atoms with Crippen LogP contribution in [0.1, 0.15) is 19.0 Å². The molecule has 0 radical (unpaired) electrons.